The number of halogens is 2. The van der Waals surface area contributed by atoms with Crippen molar-refractivity contribution in [2.75, 3.05) is 0 Å². The van der Waals surface area contributed by atoms with Crippen LogP contribution in [0.2, 0.25) is 5.15 Å². The molecule has 0 aliphatic carbocycles. The normalized spacial score (nSPS) is 9.56. The number of rotatable bonds is 1. The molecule has 0 unspecified atom stereocenters. The zero-order valence-electron chi connectivity index (χ0n) is 4.64. The Morgan fingerprint density at radius 3 is 2.78 bits per heavy atom. The minimum absolute atomic E-state index is 0.396. The molecule has 0 spiro atoms. The van der Waals surface area contributed by atoms with Crippen molar-refractivity contribution in [2.24, 2.45) is 0 Å². The molecule has 0 aromatic carbocycles. The topological polar surface area (TPSA) is 12.9 Å². The maximum atomic E-state index is 11.8. The summed E-state index contributed by atoms with van der Waals surface area (Å²) in [7, 11) is 0. The molecule has 1 aromatic rings. The summed E-state index contributed by atoms with van der Waals surface area (Å²) in [5, 5.41) is 0.396. The van der Waals surface area contributed by atoms with Crippen LogP contribution in [0.4, 0.5) is 4.39 Å². The number of alkyl halides is 1. The van der Waals surface area contributed by atoms with E-state index in [1.54, 1.807) is 12.1 Å². The van der Waals surface area contributed by atoms with Crippen molar-refractivity contribution in [3.63, 3.8) is 0 Å². The average Bonchev–Trinajstić information content (AvgIpc) is 1.90. The Balaban J connectivity index is 2.88. The number of pyridine rings is 1. The molecule has 0 aliphatic rings. The van der Waals surface area contributed by atoms with Crippen LogP contribution in [-0.2, 0) is 6.67 Å². The van der Waals surface area contributed by atoms with Gasteiger partial charge in [-0.25, -0.2) is 9.37 Å². The van der Waals surface area contributed by atoms with E-state index in [1.807, 2.05) is 0 Å². The minimum atomic E-state index is -0.482. The van der Waals surface area contributed by atoms with E-state index >= 15 is 0 Å². The molecule has 0 bridgehead atoms. The van der Waals surface area contributed by atoms with Crippen molar-refractivity contribution >= 4 is 11.6 Å². The largest absolute Gasteiger partial charge is 0.246 e. The van der Waals surface area contributed by atoms with E-state index in [1.165, 1.54) is 6.20 Å². The van der Waals surface area contributed by atoms with E-state index in [9.17, 15) is 4.39 Å². The summed E-state index contributed by atoms with van der Waals surface area (Å²) < 4.78 is 11.8. The molecule has 1 aromatic heterocycles. The van der Waals surface area contributed by atoms with Gasteiger partial charge in [-0.15, -0.1) is 0 Å². The van der Waals surface area contributed by atoms with Gasteiger partial charge in [-0.3, -0.25) is 0 Å². The third-order valence-electron chi connectivity index (χ3n) is 0.943. The Morgan fingerprint density at radius 2 is 2.33 bits per heavy atom. The zero-order valence-corrected chi connectivity index (χ0v) is 5.40. The van der Waals surface area contributed by atoms with Gasteiger partial charge >= 0.3 is 0 Å². The van der Waals surface area contributed by atoms with Crippen LogP contribution in [0.5, 0.6) is 0 Å². The predicted octanol–water partition coefficient (Wildman–Crippen LogP) is 2.20. The van der Waals surface area contributed by atoms with Crippen LogP contribution in [0, 0.1) is 0 Å². The lowest BCUT2D eigenvalue weighted by atomic mass is 10.3. The highest BCUT2D eigenvalue weighted by Crippen LogP contribution is 2.05. The van der Waals surface area contributed by atoms with Crippen molar-refractivity contribution < 1.29 is 4.39 Å². The van der Waals surface area contributed by atoms with Gasteiger partial charge in [0.25, 0.3) is 0 Å². The molecule has 0 amide bonds. The fraction of sp³-hybridized carbons (Fsp3) is 0.167. The van der Waals surface area contributed by atoms with Crippen LogP contribution in [0.25, 0.3) is 0 Å². The van der Waals surface area contributed by atoms with Gasteiger partial charge in [-0.1, -0.05) is 17.7 Å². The van der Waals surface area contributed by atoms with E-state index in [-0.39, 0.29) is 0 Å². The van der Waals surface area contributed by atoms with Crippen LogP contribution in [0.3, 0.4) is 0 Å². The van der Waals surface area contributed by atoms with Gasteiger partial charge in [0.05, 0.1) is 0 Å². The van der Waals surface area contributed by atoms with Crippen molar-refractivity contribution in [1.29, 1.82) is 0 Å². The third kappa shape index (κ3) is 1.64. The average molecular weight is 146 g/mol. The lowest BCUT2D eigenvalue weighted by molar-refractivity contribution is 0.484. The quantitative estimate of drug-likeness (QED) is 0.552. The highest BCUT2D eigenvalue weighted by Gasteiger charge is 1.89. The summed E-state index contributed by atoms with van der Waals surface area (Å²) in [4.78, 5) is 3.68. The molecule has 1 heterocycles. The van der Waals surface area contributed by atoms with Gasteiger partial charge in [-0.2, -0.15) is 0 Å². The first-order chi connectivity index (χ1) is 4.33. The molecule has 1 rings (SSSR count). The summed E-state index contributed by atoms with van der Waals surface area (Å²) in [5.41, 5.74) is 0.555. The molecule has 3 heteroatoms. The maximum absolute atomic E-state index is 11.8. The van der Waals surface area contributed by atoms with Gasteiger partial charge in [-0.05, 0) is 6.07 Å². The molecule has 48 valence electrons. The van der Waals surface area contributed by atoms with Gasteiger partial charge in [0.1, 0.15) is 11.8 Å². The Hall–Kier alpha value is -0.630. The first kappa shape index (κ1) is 6.49. The molecule has 1 nitrogen and oxygen atoms in total. The third-order valence-corrected chi connectivity index (χ3v) is 1.17. The SMILES string of the molecule is FCc1ccc(Cl)nc1. The lowest BCUT2D eigenvalue weighted by Gasteiger charge is -1.90. The van der Waals surface area contributed by atoms with Gasteiger partial charge in [0.15, 0.2) is 0 Å². The van der Waals surface area contributed by atoms with Crippen molar-refractivity contribution in [3.05, 3.63) is 29.0 Å². The van der Waals surface area contributed by atoms with Crippen molar-refractivity contribution in [1.82, 2.24) is 4.98 Å². The monoisotopic (exact) mass is 145 g/mol. The highest BCUT2D eigenvalue weighted by molar-refractivity contribution is 6.29. The Bertz CT molecular complexity index is 185. The maximum Gasteiger partial charge on any atom is 0.129 e. The molecule has 0 fully saturated rings. The molecular weight excluding hydrogens is 141 g/mol. The Morgan fingerprint density at radius 1 is 1.56 bits per heavy atom. The summed E-state index contributed by atoms with van der Waals surface area (Å²) in [6.45, 7) is -0.482. The zero-order chi connectivity index (χ0) is 6.69. The van der Waals surface area contributed by atoms with Crippen LogP contribution in [0.1, 0.15) is 5.56 Å². The fourth-order valence-corrected chi connectivity index (χ4v) is 0.597. The molecule has 0 saturated heterocycles. The first-order valence-electron chi connectivity index (χ1n) is 2.49. The lowest BCUT2D eigenvalue weighted by Crippen LogP contribution is -1.79. The van der Waals surface area contributed by atoms with E-state index in [4.69, 9.17) is 11.6 Å². The molecule has 0 saturated carbocycles. The van der Waals surface area contributed by atoms with Gasteiger partial charge in [0, 0.05) is 11.8 Å². The first-order valence-corrected chi connectivity index (χ1v) is 2.87. The Labute approximate surface area is 57.5 Å². The van der Waals surface area contributed by atoms with Crippen LogP contribution >= 0.6 is 11.6 Å². The smallest absolute Gasteiger partial charge is 0.129 e. The van der Waals surface area contributed by atoms with Crippen LogP contribution < -0.4 is 0 Å². The number of hydrogen-bond acceptors (Lipinski definition) is 1. The number of aromatic nitrogens is 1. The predicted molar refractivity (Wildman–Crippen MR) is 34.1 cm³/mol. The second-order valence-corrected chi connectivity index (χ2v) is 2.01. The second kappa shape index (κ2) is 2.78. The molecule has 0 radical (unpaired) electrons. The van der Waals surface area contributed by atoms with Gasteiger partial charge < -0.3 is 0 Å². The van der Waals surface area contributed by atoms with Crippen molar-refractivity contribution in [3.8, 4) is 0 Å². The standard InChI is InChI=1S/C6H5ClFN/c7-6-2-1-5(3-8)4-9-6/h1-2,4H,3H2. The molecule has 0 N–H and O–H groups in total. The molecule has 0 atom stereocenters. The van der Waals surface area contributed by atoms with Crippen LogP contribution in [-0.4, -0.2) is 4.98 Å². The summed E-state index contributed by atoms with van der Waals surface area (Å²) >= 11 is 5.44. The van der Waals surface area contributed by atoms with Crippen LogP contribution in [0.15, 0.2) is 18.3 Å². The fourth-order valence-electron chi connectivity index (χ4n) is 0.485. The van der Waals surface area contributed by atoms with Gasteiger partial charge in [0.2, 0.25) is 0 Å². The highest BCUT2D eigenvalue weighted by atomic mass is 35.5. The van der Waals surface area contributed by atoms with E-state index in [0.29, 0.717) is 10.7 Å². The minimum Gasteiger partial charge on any atom is -0.246 e. The second-order valence-electron chi connectivity index (χ2n) is 1.62. The Kier molecular flexibility index (Phi) is 2.01. The molecule has 0 aliphatic heterocycles. The number of hydrogen-bond donors (Lipinski definition) is 0. The van der Waals surface area contributed by atoms with Crippen molar-refractivity contribution in [2.45, 2.75) is 6.67 Å². The molecular formula is C6H5ClFN. The van der Waals surface area contributed by atoms with E-state index < -0.39 is 6.67 Å². The van der Waals surface area contributed by atoms with E-state index in [2.05, 4.69) is 4.98 Å². The summed E-state index contributed by atoms with van der Waals surface area (Å²) in [5.74, 6) is 0. The van der Waals surface area contributed by atoms with E-state index in [0.717, 1.165) is 0 Å². The summed E-state index contributed by atoms with van der Waals surface area (Å²) in [6, 6.07) is 3.17. The number of nitrogens with zero attached hydrogens (tertiary/aromatic N) is 1. The molecule has 9 heavy (non-hydrogen) atoms. The summed E-state index contributed by atoms with van der Waals surface area (Å²) in [6.07, 6.45) is 1.42.